The number of aliphatic hydroxyl groups is 1. The van der Waals surface area contributed by atoms with Crippen LogP contribution >= 0.6 is 11.6 Å². The summed E-state index contributed by atoms with van der Waals surface area (Å²) in [7, 11) is 0. The lowest BCUT2D eigenvalue weighted by Crippen LogP contribution is -2.15. The van der Waals surface area contributed by atoms with E-state index in [1.165, 1.54) is 0 Å². The maximum Gasteiger partial charge on any atom is 0.213 e. The number of aromatic nitrogens is 1. The van der Waals surface area contributed by atoms with Crippen LogP contribution in [0.1, 0.15) is 37.5 Å². The predicted octanol–water partition coefficient (Wildman–Crippen LogP) is 9.78. The molecule has 1 heterocycles. The van der Waals surface area contributed by atoms with Crippen LogP contribution in [0.15, 0.2) is 146 Å². The molecule has 0 amide bonds. The van der Waals surface area contributed by atoms with Crippen LogP contribution in [0, 0.1) is 6.92 Å². The molecule has 0 unspecified atom stereocenters. The average molecular weight is 594 g/mol. The molecule has 1 N–H and O–H groups in total. The lowest BCUT2D eigenvalue weighted by molar-refractivity contribution is 0.103. The lowest BCUT2D eigenvalue weighted by Gasteiger charge is -2.18. The number of aliphatic hydroxyl groups excluding tert-OH is 1. The highest BCUT2D eigenvalue weighted by molar-refractivity contribution is 6.34. The van der Waals surface area contributed by atoms with Crippen LogP contribution in [0.3, 0.4) is 0 Å². The molecule has 6 aromatic rings. The quantitative estimate of drug-likeness (QED) is 0.109. The van der Waals surface area contributed by atoms with Crippen molar-refractivity contribution in [1.82, 2.24) is 4.57 Å². The van der Waals surface area contributed by atoms with Gasteiger partial charge >= 0.3 is 0 Å². The van der Waals surface area contributed by atoms with E-state index in [9.17, 15) is 14.7 Å². The fourth-order valence-corrected chi connectivity index (χ4v) is 5.79. The van der Waals surface area contributed by atoms with Crippen molar-refractivity contribution in [3.63, 3.8) is 0 Å². The van der Waals surface area contributed by atoms with Crippen molar-refractivity contribution in [2.45, 2.75) is 6.92 Å². The molecule has 0 aliphatic rings. The lowest BCUT2D eigenvalue weighted by atomic mass is 9.92. The summed E-state index contributed by atoms with van der Waals surface area (Å²) in [5.41, 5.74) is 4.75. The van der Waals surface area contributed by atoms with Crippen LogP contribution in [-0.4, -0.2) is 21.2 Å². The number of allylic oxidation sites excluding steroid dienone is 1. The Balaban J connectivity index is 1.80. The molecule has 6 rings (SSSR count). The summed E-state index contributed by atoms with van der Waals surface area (Å²) in [6.45, 7) is 1.85. The summed E-state index contributed by atoms with van der Waals surface area (Å²) in [6, 6.07) is 43.6. The molecule has 5 aromatic carbocycles. The van der Waals surface area contributed by atoms with Crippen LogP contribution in [0.5, 0.6) is 0 Å². The SMILES string of the molecule is Cc1c(-c2ccccc2Cl)c(C(=O)c2ccccc2)c(-c2ccccc2)n1/C(C(=O)c1ccccc1)=C(/O)c1ccccc1. The van der Waals surface area contributed by atoms with Gasteiger partial charge in [-0.25, -0.2) is 0 Å². The van der Waals surface area contributed by atoms with Crippen LogP contribution in [0.4, 0.5) is 0 Å². The highest BCUT2D eigenvalue weighted by Crippen LogP contribution is 2.44. The van der Waals surface area contributed by atoms with Crippen LogP contribution < -0.4 is 0 Å². The van der Waals surface area contributed by atoms with Crippen molar-refractivity contribution >= 4 is 34.6 Å². The summed E-state index contributed by atoms with van der Waals surface area (Å²) >= 11 is 6.81. The van der Waals surface area contributed by atoms with Gasteiger partial charge in [-0.05, 0) is 18.6 Å². The Labute approximate surface area is 261 Å². The minimum atomic E-state index is -0.397. The number of hydrogen-bond acceptors (Lipinski definition) is 3. The molecule has 0 bridgehead atoms. The van der Waals surface area contributed by atoms with E-state index < -0.39 is 5.78 Å². The third kappa shape index (κ3) is 5.28. The Bertz CT molecular complexity index is 2000. The second-order valence-corrected chi connectivity index (χ2v) is 10.7. The number of benzene rings is 5. The van der Waals surface area contributed by atoms with Gasteiger partial charge in [-0.1, -0.05) is 151 Å². The Morgan fingerprint density at radius 1 is 0.614 bits per heavy atom. The zero-order valence-electron chi connectivity index (χ0n) is 23.9. The van der Waals surface area contributed by atoms with E-state index in [1.807, 2.05) is 85.8 Å². The van der Waals surface area contributed by atoms with Gasteiger partial charge in [-0.3, -0.25) is 9.59 Å². The molecule has 1 aromatic heterocycles. The van der Waals surface area contributed by atoms with Crippen molar-refractivity contribution in [1.29, 1.82) is 0 Å². The highest BCUT2D eigenvalue weighted by atomic mass is 35.5. The summed E-state index contributed by atoms with van der Waals surface area (Å²) in [5.74, 6) is -0.835. The first-order valence-corrected chi connectivity index (χ1v) is 14.6. The van der Waals surface area contributed by atoms with Crippen LogP contribution in [-0.2, 0) is 0 Å². The number of ketones is 2. The first-order chi connectivity index (χ1) is 21.5. The predicted molar refractivity (Wildman–Crippen MR) is 178 cm³/mol. The minimum Gasteiger partial charge on any atom is -0.505 e. The maximum atomic E-state index is 14.6. The maximum absolute atomic E-state index is 14.6. The molecule has 214 valence electrons. The molecule has 0 spiro atoms. The molecule has 0 atom stereocenters. The number of carbonyl (C=O) groups is 2. The first kappa shape index (κ1) is 28.7. The van der Waals surface area contributed by atoms with E-state index in [1.54, 1.807) is 71.3 Å². The smallest absolute Gasteiger partial charge is 0.213 e. The highest BCUT2D eigenvalue weighted by Gasteiger charge is 2.33. The van der Waals surface area contributed by atoms with E-state index in [4.69, 9.17) is 11.6 Å². The zero-order valence-corrected chi connectivity index (χ0v) is 24.7. The molecular weight excluding hydrogens is 566 g/mol. The standard InChI is InChI=1S/C39H28ClNO3/c1-26-33(31-24-14-15-25-32(31)40)34(37(42)28-18-8-3-9-19-28)35(27-16-6-2-7-17-27)41(26)36(38(43)29-20-10-4-11-21-29)39(44)30-22-12-5-13-23-30/h2-25,43H,1H3/b38-36+. The van der Waals surface area contributed by atoms with E-state index in [0.717, 1.165) is 0 Å². The Morgan fingerprint density at radius 3 is 1.66 bits per heavy atom. The van der Waals surface area contributed by atoms with Gasteiger partial charge in [0.05, 0.1) is 11.3 Å². The van der Waals surface area contributed by atoms with E-state index >= 15 is 0 Å². The Hall–Kier alpha value is -5.45. The molecule has 0 fully saturated rings. The molecule has 0 saturated carbocycles. The molecule has 0 saturated heterocycles. The molecule has 0 aliphatic carbocycles. The minimum absolute atomic E-state index is 0.0270. The van der Waals surface area contributed by atoms with Gasteiger partial charge in [0.2, 0.25) is 5.78 Å². The largest absolute Gasteiger partial charge is 0.505 e. The number of carbonyl (C=O) groups excluding carboxylic acids is 2. The molecule has 0 radical (unpaired) electrons. The van der Waals surface area contributed by atoms with Gasteiger partial charge in [0.25, 0.3) is 0 Å². The number of Topliss-reactive ketones (excluding diaryl/α,β-unsaturated/α-hetero) is 1. The molecule has 0 aliphatic heterocycles. The monoisotopic (exact) mass is 593 g/mol. The van der Waals surface area contributed by atoms with Crippen molar-refractivity contribution in [3.8, 4) is 22.4 Å². The van der Waals surface area contributed by atoms with E-state index in [-0.39, 0.29) is 17.2 Å². The number of nitrogens with zero attached hydrogens (tertiary/aromatic N) is 1. The summed E-state index contributed by atoms with van der Waals surface area (Å²) in [4.78, 5) is 29.1. The topological polar surface area (TPSA) is 59.3 Å². The summed E-state index contributed by atoms with van der Waals surface area (Å²) in [6.07, 6.45) is 0. The summed E-state index contributed by atoms with van der Waals surface area (Å²) in [5, 5.41) is 12.4. The second-order valence-electron chi connectivity index (χ2n) is 10.3. The van der Waals surface area contributed by atoms with Gasteiger partial charge in [0.1, 0.15) is 5.70 Å². The third-order valence-corrected chi connectivity index (χ3v) is 7.94. The van der Waals surface area contributed by atoms with Gasteiger partial charge in [-0.2, -0.15) is 0 Å². The van der Waals surface area contributed by atoms with Crippen LogP contribution in [0.25, 0.3) is 33.8 Å². The summed E-state index contributed by atoms with van der Waals surface area (Å²) < 4.78 is 1.72. The number of hydrogen-bond donors (Lipinski definition) is 1. The number of halogens is 1. The Morgan fingerprint density at radius 2 is 1.09 bits per heavy atom. The second kappa shape index (κ2) is 12.4. The molecule has 4 nitrogen and oxygen atoms in total. The fourth-order valence-electron chi connectivity index (χ4n) is 5.56. The van der Waals surface area contributed by atoms with Crippen molar-refractivity contribution < 1.29 is 14.7 Å². The van der Waals surface area contributed by atoms with Crippen molar-refractivity contribution in [2.24, 2.45) is 0 Å². The van der Waals surface area contributed by atoms with Gasteiger partial charge in [0, 0.05) is 38.5 Å². The Kier molecular flexibility index (Phi) is 8.09. The van der Waals surface area contributed by atoms with Crippen molar-refractivity contribution in [2.75, 3.05) is 0 Å². The fraction of sp³-hybridized carbons (Fsp3) is 0.0256. The van der Waals surface area contributed by atoms with Gasteiger partial charge < -0.3 is 9.67 Å². The molecule has 44 heavy (non-hydrogen) atoms. The molecular formula is C39H28ClNO3. The average Bonchev–Trinajstić information content (AvgIpc) is 3.38. The first-order valence-electron chi connectivity index (χ1n) is 14.2. The third-order valence-electron chi connectivity index (χ3n) is 7.61. The van der Waals surface area contributed by atoms with Crippen LogP contribution in [0.2, 0.25) is 5.02 Å². The van der Waals surface area contributed by atoms with E-state index in [2.05, 4.69) is 0 Å². The zero-order chi connectivity index (χ0) is 30.6. The molecule has 5 heteroatoms. The van der Waals surface area contributed by atoms with E-state index in [0.29, 0.717) is 55.4 Å². The van der Waals surface area contributed by atoms with Gasteiger partial charge in [-0.15, -0.1) is 0 Å². The van der Waals surface area contributed by atoms with Crippen molar-refractivity contribution in [3.05, 3.63) is 179 Å². The number of rotatable bonds is 8. The normalized spacial score (nSPS) is 11.6. The van der Waals surface area contributed by atoms with Gasteiger partial charge in [0.15, 0.2) is 11.5 Å².